The van der Waals surface area contributed by atoms with Crippen molar-refractivity contribution in [2.45, 2.75) is 26.7 Å². The molecule has 0 aliphatic heterocycles. The van der Waals surface area contributed by atoms with E-state index >= 15 is 0 Å². The van der Waals surface area contributed by atoms with Gasteiger partial charge in [-0.15, -0.1) is 0 Å². The lowest BCUT2D eigenvalue weighted by Crippen LogP contribution is -2.28. The Hall–Kier alpha value is -2.56. The molecule has 1 aromatic heterocycles. The van der Waals surface area contributed by atoms with Crippen molar-refractivity contribution in [1.82, 2.24) is 4.57 Å². The zero-order valence-electron chi connectivity index (χ0n) is 12.2. The summed E-state index contributed by atoms with van der Waals surface area (Å²) in [5, 5.41) is 22.0. The van der Waals surface area contributed by atoms with Crippen LogP contribution in [0.15, 0.2) is 46.3 Å². The quantitative estimate of drug-likeness (QED) is 0.517. The van der Waals surface area contributed by atoms with Crippen molar-refractivity contribution in [3.8, 4) is 11.4 Å². The van der Waals surface area contributed by atoms with Gasteiger partial charge in [0, 0.05) is 17.4 Å². The van der Waals surface area contributed by atoms with Gasteiger partial charge in [-0.25, -0.2) is 0 Å². The van der Waals surface area contributed by atoms with E-state index < -0.39 is 5.56 Å². The van der Waals surface area contributed by atoms with Crippen molar-refractivity contribution < 1.29 is 10.3 Å². The third-order valence-corrected chi connectivity index (χ3v) is 3.33. The topological polar surface area (TPSA) is 74.8 Å². The molecular weight excluding hydrogens is 268 g/mol. The van der Waals surface area contributed by atoms with Crippen molar-refractivity contribution >= 4 is 5.71 Å². The molecule has 0 saturated heterocycles. The number of oxime groups is 1. The molecule has 0 radical (unpaired) electrons. The summed E-state index contributed by atoms with van der Waals surface area (Å²) in [6.45, 7) is 5.36. The van der Waals surface area contributed by atoms with Gasteiger partial charge in [0.05, 0.1) is 5.71 Å². The summed E-state index contributed by atoms with van der Waals surface area (Å²) in [4.78, 5) is 12.7. The SMILES string of the molecule is C/C(=N/O)c1c(O)cc(C(C)C)n(-c2ccccc2)c1=O. The molecule has 0 fully saturated rings. The van der Waals surface area contributed by atoms with Gasteiger partial charge in [-0.05, 0) is 25.0 Å². The van der Waals surface area contributed by atoms with Crippen molar-refractivity contribution in [3.63, 3.8) is 0 Å². The monoisotopic (exact) mass is 286 g/mol. The molecule has 21 heavy (non-hydrogen) atoms. The highest BCUT2D eigenvalue weighted by Gasteiger charge is 2.19. The van der Waals surface area contributed by atoms with Crippen LogP contribution in [-0.2, 0) is 0 Å². The zero-order chi connectivity index (χ0) is 15.6. The largest absolute Gasteiger partial charge is 0.507 e. The molecule has 0 bridgehead atoms. The first-order valence-electron chi connectivity index (χ1n) is 6.70. The Morgan fingerprint density at radius 1 is 1.24 bits per heavy atom. The Bertz CT molecular complexity index is 731. The van der Waals surface area contributed by atoms with Crippen LogP contribution in [0.2, 0.25) is 0 Å². The minimum atomic E-state index is -0.403. The molecule has 1 aromatic carbocycles. The van der Waals surface area contributed by atoms with E-state index in [0.29, 0.717) is 11.4 Å². The van der Waals surface area contributed by atoms with E-state index in [9.17, 15) is 9.90 Å². The highest BCUT2D eigenvalue weighted by Crippen LogP contribution is 2.24. The highest BCUT2D eigenvalue weighted by molar-refractivity contribution is 6.00. The second-order valence-electron chi connectivity index (χ2n) is 5.15. The lowest BCUT2D eigenvalue weighted by molar-refractivity contribution is 0.318. The number of benzene rings is 1. The van der Waals surface area contributed by atoms with E-state index in [2.05, 4.69) is 5.16 Å². The number of hydrogen-bond donors (Lipinski definition) is 2. The van der Waals surface area contributed by atoms with E-state index in [1.165, 1.54) is 11.5 Å². The predicted octanol–water partition coefficient (Wildman–Crippen LogP) is 2.86. The van der Waals surface area contributed by atoms with Crippen LogP contribution in [0.3, 0.4) is 0 Å². The third-order valence-electron chi connectivity index (χ3n) is 3.33. The summed E-state index contributed by atoms with van der Waals surface area (Å²) in [6, 6.07) is 10.7. The van der Waals surface area contributed by atoms with E-state index in [1.807, 2.05) is 44.2 Å². The number of aromatic nitrogens is 1. The van der Waals surface area contributed by atoms with Crippen LogP contribution in [0.4, 0.5) is 0 Å². The number of hydrogen-bond acceptors (Lipinski definition) is 4. The zero-order valence-corrected chi connectivity index (χ0v) is 12.2. The number of pyridine rings is 1. The molecule has 0 aliphatic carbocycles. The standard InChI is InChI=1S/C16H18N2O3/c1-10(2)13-9-14(19)15(11(3)17-21)16(20)18(13)12-7-5-4-6-8-12/h4-10,19,21H,1-3H3/b17-11-. The average molecular weight is 286 g/mol. The van der Waals surface area contributed by atoms with Crippen LogP contribution in [0.1, 0.15) is 37.9 Å². The Morgan fingerprint density at radius 3 is 2.38 bits per heavy atom. The molecular formula is C16H18N2O3. The number of rotatable bonds is 3. The molecule has 5 nitrogen and oxygen atoms in total. The van der Waals surface area contributed by atoms with Crippen molar-refractivity contribution in [3.05, 3.63) is 58.0 Å². The molecule has 0 amide bonds. The van der Waals surface area contributed by atoms with Gasteiger partial charge in [0.1, 0.15) is 11.3 Å². The number of nitrogens with zero attached hydrogens (tertiary/aromatic N) is 2. The molecule has 0 atom stereocenters. The number of aromatic hydroxyl groups is 1. The van der Waals surface area contributed by atoms with Crippen molar-refractivity contribution in [2.24, 2.45) is 5.16 Å². The molecule has 0 aliphatic rings. The van der Waals surface area contributed by atoms with Crippen molar-refractivity contribution in [2.75, 3.05) is 0 Å². The molecule has 0 unspecified atom stereocenters. The maximum atomic E-state index is 12.7. The molecule has 2 aromatic rings. The summed E-state index contributed by atoms with van der Waals surface area (Å²) in [7, 11) is 0. The van der Waals surface area contributed by atoms with E-state index in [0.717, 1.165) is 0 Å². The molecule has 0 spiro atoms. The third kappa shape index (κ3) is 2.67. The van der Waals surface area contributed by atoms with Crippen LogP contribution in [0.5, 0.6) is 5.75 Å². The molecule has 2 rings (SSSR count). The van der Waals surface area contributed by atoms with Gasteiger partial charge >= 0.3 is 0 Å². The second kappa shape index (κ2) is 5.83. The van der Waals surface area contributed by atoms with E-state index in [4.69, 9.17) is 5.21 Å². The molecule has 1 heterocycles. The second-order valence-corrected chi connectivity index (χ2v) is 5.15. The Labute approximate surface area is 122 Å². The van der Waals surface area contributed by atoms with E-state index in [-0.39, 0.29) is 22.9 Å². The Kier molecular flexibility index (Phi) is 4.12. The summed E-state index contributed by atoms with van der Waals surface area (Å²) < 4.78 is 1.54. The predicted molar refractivity (Wildman–Crippen MR) is 81.8 cm³/mol. The summed E-state index contributed by atoms with van der Waals surface area (Å²) in [6.07, 6.45) is 0. The summed E-state index contributed by atoms with van der Waals surface area (Å²) >= 11 is 0. The van der Waals surface area contributed by atoms with Crippen LogP contribution < -0.4 is 5.56 Å². The van der Waals surface area contributed by atoms with Gasteiger partial charge in [0.25, 0.3) is 5.56 Å². The maximum absolute atomic E-state index is 12.7. The van der Waals surface area contributed by atoms with Gasteiger partial charge in [-0.2, -0.15) is 0 Å². The minimum absolute atomic E-state index is 0.00533. The van der Waals surface area contributed by atoms with Crippen LogP contribution >= 0.6 is 0 Å². The molecule has 5 heteroatoms. The fraction of sp³-hybridized carbons (Fsp3) is 0.250. The lowest BCUT2D eigenvalue weighted by Gasteiger charge is -2.18. The van der Waals surface area contributed by atoms with Gasteiger partial charge in [-0.3, -0.25) is 9.36 Å². The summed E-state index contributed by atoms with van der Waals surface area (Å²) in [5.74, 6) is -0.129. The fourth-order valence-electron chi connectivity index (χ4n) is 2.27. The molecule has 2 N–H and O–H groups in total. The summed E-state index contributed by atoms with van der Waals surface area (Å²) in [5.41, 5.74) is 1.08. The van der Waals surface area contributed by atoms with Crippen molar-refractivity contribution in [1.29, 1.82) is 0 Å². The maximum Gasteiger partial charge on any atom is 0.268 e. The van der Waals surface area contributed by atoms with Crippen LogP contribution in [0.25, 0.3) is 5.69 Å². The van der Waals surface area contributed by atoms with Gasteiger partial charge < -0.3 is 10.3 Å². The first-order valence-corrected chi connectivity index (χ1v) is 6.70. The fourth-order valence-corrected chi connectivity index (χ4v) is 2.27. The van der Waals surface area contributed by atoms with Crippen LogP contribution in [-0.4, -0.2) is 20.6 Å². The number of para-hydroxylation sites is 1. The highest BCUT2D eigenvalue weighted by atomic mass is 16.4. The lowest BCUT2D eigenvalue weighted by atomic mass is 10.0. The van der Waals surface area contributed by atoms with Gasteiger partial charge in [0.2, 0.25) is 0 Å². The Balaban J connectivity index is 2.87. The van der Waals surface area contributed by atoms with Crippen LogP contribution in [0, 0.1) is 0 Å². The first-order chi connectivity index (χ1) is 9.97. The first kappa shape index (κ1) is 14.8. The van der Waals surface area contributed by atoms with Gasteiger partial charge in [0.15, 0.2) is 0 Å². The smallest absolute Gasteiger partial charge is 0.268 e. The molecule has 0 saturated carbocycles. The minimum Gasteiger partial charge on any atom is -0.507 e. The average Bonchev–Trinajstić information content (AvgIpc) is 2.47. The van der Waals surface area contributed by atoms with E-state index in [1.54, 1.807) is 6.07 Å². The molecule has 110 valence electrons. The normalized spacial score (nSPS) is 11.9. The van der Waals surface area contributed by atoms with Gasteiger partial charge in [-0.1, -0.05) is 37.2 Å². The Morgan fingerprint density at radius 2 is 1.86 bits per heavy atom.